The summed E-state index contributed by atoms with van der Waals surface area (Å²) in [6, 6.07) is 34.0. The Kier molecular flexibility index (Phi) is 11.4. The van der Waals surface area contributed by atoms with Crippen molar-refractivity contribution in [2.75, 3.05) is 4.90 Å². The van der Waals surface area contributed by atoms with Gasteiger partial charge in [0.05, 0.1) is 11.4 Å². The molecule has 4 heteroatoms. The van der Waals surface area contributed by atoms with E-state index < -0.39 is 0 Å². The molecule has 0 aromatic heterocycles. The number of rotatable bonds is 13. The Hall–Kier alpha value is -3.34. The van der Waals surface area contributed by atoms with Crippen LogP contribution in [-0.2, 0) is 12.8 Å². The van der Waals surface area contributed by atoms with Gasteiger partial charge in [-0.25, -0.2) is 0 Å². The maximum absolute atomic E-state index is 6.49. The first-order valence-electron chi connectivity index (χ1n) is 17.8. The molecule has 0 bridgehead atoms. The van der Waals surface area contributed by atoms with E-state index in [4.69, 9.17) is 4.74 Å². The molecule has 0 aliphatic carbocycles. The van der Waals surface area contributed by atoms with E-state index in [1.165, 1.54) is 95.9 Å². The fourth-order valence-corrected chi connectivity index (χ4v) is 7.65. The summed E-state index contributed by atoms with van der Waals surface area (Å²) in [7, 11) is 0. The number of fused-ring (bicyclic) bond motifs is 2. The molecule has 2 nitrogen and oxygen atoms in total. The SMILES string of the molecule is CCCCCCc1cc(C)cc(-c2cc(-c3cc(C)cc(CCCCCC)c3)cc(N3c4ccc(Br)cc4Oc4cc(Br)ccc43)c2)c1. The third-order valence-corrected chi connectivity index (χ3v) is 10.3. The molecule has 6 rings (SSSR count). The summed E-state index contributed by atoms with van der Waals surface area (Å²) >= 11 is 7.35. The molecule has 248 valence electrons. The van der Waals surface area contributed by atoms with E-state index in [0.29, 0.717) is 0 Å². The second-order valence-electron chi connectivity index (χ2n) is 13.5. The number of anilines is 3. The zero-order valence-electron chi connectivity index (χ0n) is 28.8. The summed E-state index contributed by atoms with van der Waals surface area (Å²) < 4.78 is 8.48. The summed E-state index contributed by atoms with van der Waals surface area (Å²) in [6.45, 7) is 9.03. The van der Waals surface area contributed by atoms with Gasteiger partial charge in [-0.05, 0) is 128 Å². The van der Waals surface area contributed by atoms with Crippen molar-refractivity contribution in [3.8, 4) is 33.8 Å². The first kappa shape index (κ1) is 34.5. The van der Waals surface area contributed by atoms with Crippen LogP contribution in [0.1, 0.15) is 87.5 Å². The smallest absolute Gasteiger partial charge is 0.152 e. The average molecular weight is 766 g/mol. The number of halogens is 2. The zero-order valence-corrected chi connectivity index (χ0v) is 32.0. The molecule has 0 spiro atoms. The van der Waals surface area contributed by atoms with E-state index in [-0.39, 0.29) is 0 Å². The molecule has 1 aliphatic heterocycles. The molecule has 5 aromatic carbocycles. The molecular formula is C44H47Br2NO. The molecule has 0 atom stereocenters. The van der Waals surface area contributed by atoms with Gasteiger partial charge in [-0.15, -0.1) is 0 Å². The number of hydrogen-bond donors (Lipinski definition) is 0. The standard InChI is InChI=1S/C44H47Br2NO/c1-5-7-9-11-13-32-19-30(3)21-34(23-32)36-25-37(35-22-31(4)20-33(24-35)14-12-10-8-6-2)27-40(26-36)47-41-17-15-38(45)28-43(41)48-44-29-39(46)16-18-42(44)47/h15-29H,5-14H2,1-4H3. The van der Waals surface area contributed by atoms with Crippen LogP contribution in [0.25, 0.3) is 22.3 Å². The highest BCUT2D eigenvalue weighted by Gasteiger charge is 2.27. The van der Waals surface area contributed by atoms with E-state index in [9.17, 15) is 0 Å². The number of benzene rings is 5. The van der Waals surface area contributed by atoms with Crippen molar-refractivity contribution in [2.45, 2.75) is 91.9 Å². The molecule has 0 saturated carbocycles. The lowest BCUT2D eigenvalue weighted by atomic mass is 9.92. The first-order chi connectivity index (χ1) is 23.3. The molecule has 1 aliphatic rings. The van der Waals surface area contributed by atoms with Gasteiger partial charge in [0.15, 0.2) is 11.5 Å². The molecule has 0 unspecified atom stereocenters. The summed E-state index contributed by atoms with van der Waals surface area (Å²) in [4.78, 5) is 2.36. The summed E-state index contributed by atoms with van der Waals surface area (Å²) in [6.07, 6.45) is 12.4. The first-order valence-corrected chi connectivity index (χ1v) is 19.3. The second-order valence-corrected chi connectivity index (χ2v) is 15.3. The van der Waals surface area contributed by atoms with Crippen LogP contribution >= 0.6 is 31.9 Å². The molecular weight excluding hydrogens is 718 g/mol. The molecule has 5 aromatic rings. The van der Waals surface area contributed by atoms with Gasteiger partial charge < -0.3 is 9.64 Å². The third kappa shape index (κ3) is 8.26. The number of ether oxygens (including phenoxy) is 1. The highest BCUT2D eigenvalue weighted by atomic mass is 79.9. The average Bonchev–Trinajstić information content (AvgIpc) is 3.07. The Morgan fingerprint density at radius 3 is 1.42 bits per heavy atom. The van der Waals surface area contributed by atoms with Crippen molar-refractivity contribution in [1.82, 2.24) is 0 Å². The highest BCUT2D eigenvalue weighted by molar-refractivity contribution is 9.10. The molecule has 0 radical (unpaired) electrons. The van der Waals surface area contributed by atoms with Gasteiger partial charge in [0.2, 0.25) is 0 Å². The third-order valence-electron chi connectivity index (χ3n) is 9.30. The monoisotopic (exact) mass is 763 g/mol. The Balaban J connectivity index is 1.51. The zero-order chi connectivity index (χ0) is 33.6. The second kappa shape index (κ2) is 15.9. The van der Waals surface area contributed by atoms with Crippen LogP contribution in [-0.4, -0.2) is 0 Å². The van der Waals surface area contributed by atoms with Crippen LogP contribution in [0.15, 0.2) is 99.9 Å². The Morgan fingerprint density at radius 2 is 0.958 bits per heavy atom. The van der Waals surface area contributed by atoms with Crippen molar-refractivity contribution < 1.29 is 4.74 Å². The lowest BCUT2D eigenvalue weighted by Crippen LogP contribution is -2.16. The van der Waals surface area contributed by atoms with E-state index in [2.05, 4.69) is 155 Å². The predicted molar refractivity (Wildman–Crippen MR) is 213 cm³/mol. The summed E-state index contributed by atoms with van der Waals surface area (Å²) in [5.41, 5.74) is 13.7. The van der Waals surface area contributed by atoms with Crippen LogP contribution in [0.4, 0.5) is 17.1 Å². The molecule has 0 N–H and O–H groups in total. The highest BCUT2D eigenvalue weighted by Crippen LogP contribution is 2.52. The Bertz CT molecular complexity index is 1760. The number of nitrogens with zero attached hydrogens (tertiary/aromatic N) is 1. The van der Waals surface area contributed by atoms with Crippen LogP contribution in [0, 0.1) is 13.8 Å². The van der Waals surface area contributed by atoms with E-state index in [1.807, 2.05) is 0 Å². The maximum atomic E-state index is 6.49. The quantitative estimate of drug-likeness (QED) is 0.109. The normalized spacial score (nSPS) is 12.1. The van der Waals surface area contributed by atoms with E-state index >= 15 is 0 Å². The number of unbranched alkanes of at least 4 members (excludes halogenated alkanes) is 6. The Morgan fingerprint density at radius 1 is 0.500 bits per heavy atom. The van der Waals surface area contributed by atoms with Gasteiger partial charge in [0.1, 0.15) is 0 Å². The largest absolute Gasteiger partial charge is 0.453 e. The molecule has 0 amide bonds. The minimum absolute atomic E-state index is 0.830. The van der Waals surface area contributed by atoms with Gasteiger partial charge in [-0.2, -0.15) is 0 Å². The van der Waals surface area contributed by atoms with E-state index in [1.54, 1.807) is 0 Å². The van der Waals surface area contributed by atoms with Gasteiger partial charge in [0.25, 0.3) is 0 Å². The van der Waals surface area contributed by atoms with Crippen molar-refractivity contribution in [1.29, 1.82) is 0 Å². The lowest BCUT2D eigenvalue weighted by Gasteiger charge is -2.33. The van der Waals surface area contributed by atoms with Crippen LogP contribution in [0.2, 0.25) is 0 Å². The van der Waals surface area contributed by atoms with E-state index in [0.717, 1.165) is 50.3 Å². The molecule has 48 heavy (non-hydrogen) atoms. The van der Waals surface area contributed by atoms with Gasteiger partial charge in [0, 0.05) is 14.6 Å². The number of hydrogen-bond acceptors (Lipinski definition) is 2. The predicted octanol–water partition coefficient (Wildman–Crippen LogP) is 15.0. The fourth-order valence-electron chi connectivity index (χ4n) is 6.97. The van der Waals surface area contributed by atoms with Crippen molar-refractivity contribution in [3.63, 3.8) is 0 Å². The summed E-state index contributed by atoms with van der Waals surface area (Å²) in [5, 5.41) is 0. The molecule has 1 heterocycles. The van der Waals surface area contributed by atoms with Gasteiger partial charge in [-0.1, -0.05) is 132 Å². The lowest BCUT2D eigenvalue weighted by molar-refractivity contribution is 0.476. The number of aryl methyl sites for hydroxylation is 4. The topological polar surface area (TPSA) is 12.5 Å². The van der Waals surface area contributed by atoms with Crippen LogP contribution in [0.3, 0.4) is 0 Å². The minimum atomic E-state index is 0.830. The van der Waals surface area contributed by atoms with Crippen LogP contribution in [0.5, 0.6) is 11.5 Å². The molecule has 0 saturated heterocycles. The van der Waals surface area contributed by atoms with Crippen molar-refractivity contribution in [3.05, 3.63) is 122 Å². The fraction of sp³-hybridized carbons (Fsp3) is 0.318. The molecule has 0 fully saturated rings. The summed E-state index contributed by atoms with van der Waals surface area (Å²) in [5.74, 6) is 1.66. The van der Waals surface area contributed by atoms with Crippen molar-refractivity contribution in [2.24, 2.45) is 0 Å². The van der Waals surface area contributed by atoms with Gasteiger partial charge >= 0.3 is 0 Å². The van der Waals surface area contributed by atoms with Gasteiger partial charge in [-0.3, -0.25) is 0 Å². The maximum Gasteiger partial charge on any atom is 0.152 e. The van der Waals surface area contributed by atoms with Crippen LogP contribution < -0.4 is 9.64 Å². The van der Waals surface area contributed by atoms with Crippen molar-refractivity contribution >= 4 is 48.9 Å². The Labute approximate surface area is 304 Å². The minimum Gasteiger partial charge on any atom is -0.453 e.